The summed E-state index contributed by atoms with van der Waals surface area (Å²) in [5.41, 5.74) is 5.00. The molecule has 0 rings (SSSR count). The fourth-order valence-corrected chi connectivity index (χ4v) is 0.203. The van der Waals surface area contributed by atoms with Crippen molar-refractivity contribution in [3.8, 4) is 0 Å². The Bertz CT molecular complexity index is 67.1. The molecule has 0 radical (unpaired) electrons. The van der Waals surface area contributed by atoms with Crippen molar-refractivity contribution >= 4 is 23.0 Å². The Kier molecular flexibility index (Phi) is 9.34. The van der Waals surface area contributed by atoms with Crippen LogP contribution in [0.25, 0.3) is 0 Å². The van der Waals surface area contributed by atoms with Crippen LogP contribution in [0.15, 0.2) is 0 Å². The van der Waals surface area contributed by atoms with Crippen molar-refractivity contribution in [2.75, 3.05) is 13.2 Å². The molecule has 0 unspecified atom stereocenters. The summed E-state index contributed by atoms with van der Waals surface area (Å²) in [7, 11) is 0. The first-order valence-corrected chi connectivity index (χ1v) is 2.11. The molecule has 0 fully saturated rings. The van der Waals surface area contributed by atoms with Gasteiger partial charge in [0.25, 0.3) is 0 Å². The third-order valence-corrected chi connectivity index (χ3v) is 0.423. The van der Waals surface area contributed by atoms with Gasteiger partial charge >= 0.3 is 5.97 Å². The van der Waals surface area contributed by atoms with Crippen LogP contribution in [0.2, 0.25) is 0 Å². The van der Waals surface area contributed by atoms with Gasteiger partial charge in [0.05, 0.1) is 0 Å². The van der Waals surface area contributed by atoms with Crippen molar-refractivity contribution in [2.45, 2.75) is 6.92 Å². The molecule has 0 aromatic carbocycles. The average Bonchev–Trinajstić information content (AvgIpc) is 1.61. The minimum absolute atomic E-state index is 0. The molecule has 4 heteroatoms. The van der Waals surface area contributed by atoms with Crippen molar-refractivity contribution in [1.82, 2.24) is 0 Å². The summed E-state index contributed by atoms with van der Waals surface area (Å²) in [4.78, 5) is 9.92. The van der Waals surface area contributed by atoms with Gasteiger partial charge in [-0.25, -0.2) is 0 Å². The van der Waals surface area contributed by atoms with Gasteiger partial charge in [-0.05, 0) is 0 Å². The van der Waals surface area contributed by atoms with E-state index >= 15 is 0 Å². The fraction of sp³-hybridized carbons (Fsp3) is 0.750. The second-order valence-corrected chi connectivity index (χ2v) is 1.13. The number of halogens is 1. The van der Waals surface area contributed by atoms with E-state index < -0.39 is 0 Å². The van der Waals surface area contributed by atoms with E-state index in [0.717, 1.165) is 0 Å². The fourth-order valence-electron chi connectivity index (χ4n) is 0.203. The standard InChI is InChI=1S/C4H9NO2.BrH/c1-4(6)7-3-2-5;/h2-3,5H2,1H3;1H. The van der Waals surface area contributed by atoms with Crippen LogP contribution < -0.4 is 5.73 Å². The molecular weight excluding hydrogens is 174 g/mol. The summed E-state index contributed by atoms with van der Waals surface area (Å²) in [6.07, 6.45) is 0. The zero-order valence-electron chi connectivity index (χ0n) is 4.72. The molecule has 0 aliphatic heterocycles. The number of esters is 1. The third kappa shape index (κ3) is 9.32. The van der Waals surface area contributed by atoms with Gasteiger partial charge in [0.1, 0.15) is 6.61 Å². The van der Waals surface area contributed by atoms with Crippen molar-refractivity contribution in [1.29, 1.82) is 0 Å². The molecule has 2 N–H and O–H groups in total. The second-order valence-electron chi connectivity index (χ2n) is 1.13. The van der Waals surface area contributed by atoms with Crippen molar-refractivity contribution < 1.29 is 9.53 Å². The maximum absolute atomic E-state index is 9.92. The predicted molar refractivity (Wildman–Crippen MR) is 36.0 cm³/mol. The summed E-state index contributed by atoms with van der Waals surface area (Å²) >= 11 is 0. The number of nitrogens with two attached hydrogens (primary N) is 1. The Hall–Kier alpha value is -0.0900. The molecule has 0 aliphatic rings. The van der Waals surface area contributed by atoms with Gasteiger partial charge in [-0.3, -0.25) is 4.79 Å². The lowest BCUT2D eigenvalue weighted by molar-refractivity contribution is -0.140. The molecule has 0 amide bonds. The molecule has 0 heterocycles. The third-order valence-electron chi connectivity index (χ3n) is 0.423. The van der Waals surface area contributed by atoms with E-state index in [1.165, 1.54) is 6.92 Å². The van der Waals surface area contributed by atoms with Crippen LogP contribution in [0.3, 0.4) is 0 Å². The van der Waals surface area contributed by atoms with Gasteiger partial charge in [-0.15, -0.1) is 17.0 Å². The number of hydrogen-bond acceptors (Lipinski definition) is 3. The smallest absolute Gasteiger partial charge is 0.302 e. The van der Waals surface area contributed by atoms with Gasteiger partial charge in [0, 0.05) is 13.5 Å². The van der Waals surface area contributed by atoms with Gasteiger partial charge in [0.2, 0.25) is 0 Å². The molecule has 0 atom stereocenters. The molecule has 50 valence electrons. The van der Waals surface area contributed by atoms with Gasteiger partial charge in [-0.2, -0.15) is 0 Å². The molecule has 0 saturated heterocycles. The van der Waals surface area contributed by atoms with E-state index in [1.807, 2.05) is 0 Å². The molecule has 0 aromatic rings. The summed E-state index contributed by atoms with van der Waals surface area (Å²) < 4.78 is 4.43. The summed E-state index contributed by atoms with van der Waals surface area (Å²) in [6, 6.07) is 0. The molecule has 8 heavy (non-hydrogen) atoms. The van der Waals surface area contributed by atoms with E-state index in [2.05, 4.69) is 4.74 Å². The number of rotatable bonds is 2. The average molecular weight is 184 g/mol. The number of hydrogen-bond donors (Lipinski definition) is 1. The maximum atomic E-state index is 9.92. The zero-order valence-corrected chi connectivity index (χ0v) is 6.43. The highest BCUT2D eigenvalue weighted by molar-refractivity contribution is 8.93. The van der Waals surface area contributed by atoms with E-state index in [1.54, 1.807) is 0 Å². The lowest BCUT2D eigenvalue weighted by Gasteiger charge is -1.93. The molecular formula is C4H10BrNO2. The van der Waals surface area contributed by atoms with E-state index in [9.17, 15) is 4.79 Å². The first-order chi connectivity index (χ1) is 3.27. The van der Waals surface area contributed by atoms with Gasteiger partial charge in [-0.1, -0.05) is 0 Å². The summed E-state index contributed by atoms with van der Waals surface area (Å²) in [5, 5.41) is 0. The van der Waals surface area contributed by atoms with Crippen LogP contribution in [-0.4, -0.2) is 19.1 Å². The van der Waals surface area contributed by atoms with E-state index in [0.29, 0.717) is 13.2 Å². The molecule has 3 nitrogen and oxygen atoms in total. The molecule has 0 saturated carbocycles. The Morgan fingerprint density at radius 2 is 2.25 bits per heavy atom. The van der Waals surface area contributed by atoms with Crippen LogP contribution in [0.5, 0.6) is 0 Å². The highest BCUT2D eigenvalue weighted by Gasteiger charge is 1.85. The van der Waals surface area contributed by atoms with Crippen LogP contribution in [0.4, 0.5) is 0 Å². The highest BCUT2D eigenvalue weighted by atomic mass is 79.9. The Morgan fingerprint density at radius 3 is 2.38 bits per heavy atom. The first kappa shape index (κ1) is 10.8. The van der Waals surface area contributed by atoms with Crippen molar-refractivity contribution in [2.24, 2.45) is 5.73 Å². The Labute approximate surface area is 59.0 Å². The van der Waals surface area contributed by atoms with E-state index in [-0.39, 0.29) is 23.0 Å². The predicted octanol–water partition coefficient (Wildman–Crippen LogP) is 0.0861. The van der Waals surface area contributed by atoms with Crippen molar-refractivity contribution in [3.05, 3.63) is 0 Å². The molecule has 0 aliphatic carbocycles. The molecule has 0 aromatic heterocycles. The van der Waals surface area contributed by atoms with Crippen molar-refractivity contribution in [3.63, 3.8) is 0 Å². The maximum Gasteiger partial charge on any atom is 0.302 e. The normalized spacial score (nSPS) is 7.25. The van der Waals surface area contributed by atoms with Crippen LogP contribution in [0, 0.1) is 0 Å². The topological polar surface area (TPSA) is 52.3 Å². The van der Waals surface area contributed by atoms with Crippen LogP contribution >= 0.6 is 17.0 Å². The highest BCUT2D eigenvalue weighted by Crippen LogP contribution is 1.69. The Morgan fingerprint density at radius 1 is 1.75 bits per heavy atom. The van der Waals surface area contributed by atoms with Crippen LogP contribution in [-0.2, 0) is 9.53 Å². The van der Waals surface area contributed by atoms with Crippen LogP contribution in [0.1, 0.15) is 6.92 Å². The minimum Gasteiger partial charge on any atom is -0.465 e. The lowest BCUT2D eigenvalue weighted by atomic mass is 10.7. The summed E-state index contributed by atoms with van der Waals surface area (Å²) in [6.45, 7) is 2.09. The summed E-state index contributed by atoms with van der Waals surface area (Å²) in [5.74, 6) is -0.273. The SMILES string of the molecule is Br.CC(=O)OCCN. The Balaban J connectivity index is 0. The minimum atomic E-state index is -0.273. The van der Waals surface area contributed by atoms with Gasteiger partial charge in [0.15, 0.2) is 0 Å². The largest absolute Gasteiger partial charge is 0.465 e. The van der Waals surface area contributed by atoms with Gasteiger partial charge < -0.3 is 10.5 Å². The number of carbonyl (C=O) groups excluding carboxylic acids is 1. The zero-order chi connectivity index (χ0) is 5.70. The first-order valence-electron chi connectivity index (χ1n) is 2.11. The van der Waals surface area contributed by atoms with E-state index in [4.69, 9.17) is 5.73 Å². The quantitative estimate of drug-likeness (QED) is 0.618. The molecule has 0 bridgehead atoms. The monoisotopic (exact) mass is 183 g/mol. The number of ether oxygens (including phenoxy) is 1. The lowest BCUT2D eigenvalue weighted by Crippen LogP contribution is -2.10. The molecule has 0 spiro atoms. The second kappa shape index (κ2) is 6.91. The number of carbonyl (C=O) groups is 1.